The molecule has 612 valence electrons. The Morgan fingerprint density at radius 3 is 2.13 bits per heavy atom. The predicted octanol–water partition coefficient (Wildman–Crippen LogP) is 12.5. The summed E-state index contributed by atoms with van der Waals surface area (Å²) in [6, 6.07) is 31.4. The number of benzene rings is 5. The average Bonchev–Trinajstić information content (AvgIpc) is 1.78. The van der Waals surface area contributed by atoms with E-state index < -0.39 is 82.3 Å². The number of halogens is 4. The molecule has 6 atom stereocenters. The maximum absolute atomic E-state index is 14.4. The van der Waals surface area contributed by atoms with Gasteiger partial charge in [-0.1, -0.05) is 112 Å². The van der Waals surface area contributed by atoms with Gasteiger partial charge in [0.2, 0.25) is 23.6 Å². The van der Waals surface area contributed by atoms with E-state index >= 15 is 0 Å². The summed E-state index contributed by atoms with van der Waals surface area (Å²) in [4.78, 5) is 85.8. The van der Waals surface area contributed by atoms with Crippen molar-refractivity contribution in [1.29, 1.82) is 0 Å². The van der Waals surface area contributed by atoms with E-state index in [1.165, 1.54) is 39.9 Å². The summed E-state index contributed by atoms with van der Waals surface area (Å²) in [5.74, 6) is -1.64. The number of thiazole rings is 1. The highest BCUT2D eigenvalue weighted by Gasteiger charge is 2.49. The Bertz CT molecular complexity index is 4510. The van der Waals surface area contributed by atoms with E-state index in [-0.39, 0.29) is 54.1 Å². The lowest BCUT2D eigenvalue weighted by atomic mass is 9.71. The molecule has 0 saturated carbocycles. The fraction of sp³-hybridized carbons (Fsp3) is 0.518. The molecule has 5 aromatic carbocycles. The number of hydrogen-bond acceptors (Lipinski definition) is 19. The minimum Gasteiger partial charge on any atom is -0.391 e. The molecule has 1 aliphatic carbocycles. The Kier molecular flexibility index (Phi) is 29.5. The molecule has 113 heavy (non-hydrogen) atoms. The van der Waals surface area contributed by atoms with Crippen LogP contribution in [0.15, 0.2) is 147 Å². The van der Waals surface area contributed by atoms with Gasteiger partial charge in [-0.15, -0.1) is 23.1 Å². The standard InChI is InChI=1S/C83H107ClF3N11O11S4/c1-57(59-19-21-61(22-20-59)76-58(2)88-56-111-76)89-79(103)72-49-67(99)53-98(72)80(104)77(81(3,4)5)91-74(100)17-12-7-8-13-18-75(101)97-44-40-95(41-45-97)55-82(6)35-33-70(60-23-27-64(84)28-24-60)63(51-82)52-94-38-42-96(43-39-94)66-29-25-62(26-30-66)78(102)92-113(107,108)69-31-32-71(73(50-69)112(105,106)83(85,86)87)90-65(54-110-68-15-10-9-11-16-68)34-37-93-36-14-47-109-48-46-93/h9-11,15-16,19-32,50,56-57,65,67,72,77,90,99H,7-8,12-14,17-18,33-49,51-55H2,1-6H3,(H,89,103)(H,91,100)(H,92,102)/t57-,65+,67+,72-,77+,82+/m0/s1. The molecule has 4 aliphatic heterocycles. The van der Waals surface area contributed by atoms with E-state index in [1.807, 2.05) is 116 Å². The van der Waals surface area contributed by atoms with Gasteiger partial charge in [-0.05, 0) is 159 Å². The molecule has 5 heterocycles. The predicted molar refractivity (Wildman–Crippen MR) is 438 cm³/mol. The number of sulfone groups is 1. The molecule has 5 aliphatic rings. The van der Waals surface area contributed by atoms with Crippen molar-refractivity contribution in [3.8, 4) is 10.4 Å². The SMILES string of the molecule is Cc1ncsc1-c1ccc([C@H](C)NC(=O)[C@@H]2C[C@@H](O)CN2C(=O)[C@@H](NC(=O)CCCCCCC(=O)N2CCN(C[C@]3(C)CCC(c4ccc(Cl)cc4)=C(CN4CCN(c5ccc(C(=O)NS(=O)(=O)c6ccc(N[C@H](CCN7CCCOCC7)CSc7ccccc7)c(S(=O)(=O)C(F)(F)F)c6)cc5)CC4)C3)CC2)C(C)(C)C)cc1. The highest BCUT2D eigenvalue weighted by atomic mass is 35.5. The number of carbonyl (C=O) groups excluding carboxylic acids is 5. The molecule has 5 N–H and O–H groups in total. The number of sulfonamides is 1. The van der Waals surface area contributed by atoms with Crippen LogP contribution in [-0.4, -0.2) is 221 Å². The van der Waals surface area contributed by atoms with E-state index in [4.69, 9.17) is 16.3 Å². The summed E-state index contributed by atoms with van der Waals surface area (Å²) in [5.41, 5.74) is 2.37. The number of nitrogens with one attached hydrogen (secondary N) is 4. The summed E-state index contributed by atoms with van der Waals surface area (Å²) in [6.07, 6.45) is 6.57. The second-order valence-corrected chi connectivity index (χ2v) is 37.9. The van der Waals surface area contributed by atoms with Crippen LogP contribution in [0, 0.1) is 17.8 Å². The maximum Gasteiger partial charge on any atom is 0.501 e. The number of rotatable bonds is 31. The number of aromatic nitrogens is 1. The van der Waals surface area contributed by atoms with Crippen LogP contribution in [-0.2, 0) is 43.8 Å². The number of likely N-dealkylation sites (tertiary alicyclic amines) is 1. The number of hydrogen-bond donors (Lipinski definition) is 5. The van der Waals surface area contributed by atoms with Crippen molar-refractivity contribution < 1.29 is 63.8 Å². The number of aliphatic hydroxyl groups is 1. The second kappa shape index (κ2) is 38.5. The largest absolute Gasteiger partial charge is 0.501 e. The Balaban J connectivity index is 0.621. The lowest BCUT2D eigenvalue weighted by molar-refractivity contribution is -0.144. The van der Waals surface area contributed by atoms with Gasteiger partial charge in [-0.2, -0.15) is 13.2 Å². The minimum atomic E-state index is -6.11. The van der Waals surface area contributed by atoms with Gasteiger partial charge < -0.3 is 45.4 Å². The van der Waals surface area contributed by atoms with Crippen LogP contribution in [0.25, 0.3) is 16.0 Å². The quantitative estimate of drug-likeness (QED) is 0.0200. The van der Waals surface area contributed by atoms with Gasteiger partial charge in [0.15, 0.2) is 0 Å². The average molecular weight is 1660 g/mol. The highest BCUT2D eigenvalue weighted by molar-refractivity contribution is 7.99. The first-order chi connectivity index (χ1) is 53.8. The molecule has 30 heteroatoms. The first-order valence-electron chi connectivity index (χ1n) is 39.2. The first kappa shape index (κ1) is 86.4. The summed E-state index contributed by atoms with van der Waals surface area (Å²) in [7, 11) is -11.0. The lowest BCUT2D eigenvalue weighted by Gasteiger charge is -2.44. The molecule has 0 unspecified atom stereocenters. The minimum absolute atomic E-state index is 0.0209. The van der Waals surface area contributed by atoms with Crippen molar-refractivity contribution in [2.75, 3.05) is 121 Å². The van der Waals surface area contributed by atoms with Crippen LogP contribution in [0.1, 0.15) is 145 Å². The number of carbonyl (C=O) groups is 5. The molecule has 4 saturated heterocycles. The smallest absolute Gasteiger partial charge is 0.391 e. The molecule has 5 amide bonds. The number of anilines is 2. The number of amides is 5. The lowest BCUT2D eigenvalue weighted by Crippen LogP contribution is -2.57. The normalized spacial score (nSPS) is 20.2. The molecule has 1 aromatic heterocycles. The van der Waals surface area contributed by atoms with Gasteiger partial charge in [-0.3, -0.25) is 33.8 Å². The Morgan fingerprint density at radius 1 is 0.779 bits per heavy atom. The fourth-order valence-electron chi connectivity index (χ4n) is 15.7. The maximum atomic E-state index is 14.4. The summed E-state index contributed by atoms with van der Waals surface area (Å²) >= 11 is 9.41. The third kappa shape index (κ3) is 23.2. The van der Waals surface area contributed by atoms with E-state index in [0.29, 0.717) is 95.0 Å². The van der Waals surface area contributed by atoms with Gasteiger partial charge in [0, 0.05) is 150 Å². The zero-order valence-corrected chi connectivity index (χ0v) is 69.3. The number of piperazine rings is 2. The van der Waals surface area contributed by atoms with Crippen molar-refractivity contribution in [2.24, 2.45) is 10.8 Å². The van der Waals surface area contributed by atoms with Crippen molar-refractivity contribution in [1.82, 2.24) is 44.8 Å². The zero-order chi connectivity index (χ0) is 80.8. The number of ether oxygens (including phenoxy) is 1. The molecule has 0 bridgehead atoms. The number of aryl methyl sites for hydroxylation is 1. The van der Waals surface area contributed by atoms with Crippen LogP contribution < -0.4 is 25.6 Å². The van der Waals surface area contributed by atoms with Gasteiger partial charge in [-0.25, -0.2) is 26.5 Å². The molecule has 11 rings (SSSR count). The Hall–Kier alpha value is -7.45. The van der Waals surface area contributed by atoms with Crippen LogP contribution in [0.2, 0.25) is 5.02 Å². The molecule has 0 spiro atoms. The van der Waals surface area contributed by atoms with E-state index in [0.717, 1.165) is 134 Å². The van der Waals surface area contributed by atoms with Gasteiger partial charge >= 0.3 is 5.51 Å². The van der Waals surface area contributed by atoms with Crippen LogP contribution in [0.5, 0.6) is 0 Å². The van der Waals surface area contributed by atoms with Crippen molar-refractivity contribution in [3.05, 3.63) is 160 Å². The fourth-order valence-corrected chi connectivity index (χ4v) is 19.7. The summed E-state index contributed by atoms with van der Waals surface area (Å²) < 4.78 is 105. The molecule has 6 aromatic rings. The van der Waals surface area contributed by atoms with E-state index in [2.05, 4.69) is 59.6 Å². The first-order valence-corrected chi connectivity index (χ1v) is 44.4. The number of allylic oxidation sites excluding steroid dienone is 1. The van der Waals surface area contributed by atoms with E-state index in [1.54, 1.807) is 23.5 Å². The molecule has 4 fully saturated rings. The van der Waals surface area contributed by atoms with E-state index in [9.17, 15) is 59.1 Å². The van der Waals surface area contributed by atoms with Crippen LogP contribution >= 0.6 is 34.7 Å². The number of thioether (sulfide) groups is 1. The summed E-state index contributed by atoms with van der Waals surface area (Å²) in [6.45, 7) is 22.1. The van der Waals surface area contributed by atoms with Crippen molar-refractivity contribution in [3.63, 3.8) is 0 Å². The third-order valence-corrected chi connectivity index (χ3v) is 27.5. The van der Waals surface area contributed by atoms with Gasteiger partial charge in [0.1, 0.15) is 17.0 Å². The Labute approximate surface area is 676 Å². The third-order valence-electron chi connectivity index (χ3n) is 22.2. The number of β-amino-alcohol motifs (C(OH)–C–C–N with tert-alkyl or cyclic N) is 1. The van der Waals surface area contributed by atoms with Crippen molar-refractivity contribution in [2.45, 2.75) is 169 Å². The van der Waals surface area contributed by atoms with Crippen LogP contribution in [0.4, 0.5) is 24.5 Å². The van der Waals surface area contributed by atoms with Crippen LogP contribution in [0.3, 0.4) is 0 Å². The van der Waals surface area contributed by atoms with Gasteiger partial charge in [0.25, 0.3) is 25.8 Å². The number of unbranched alkanes of at least 4 members (excludes halogenated alkanes) is 3. The molecular formula is C83H107ClF3N11O11S4. The number of nitrogens with zero attached hydrogens (tertiary/aromatic N) is 7. The topological polar surface area (TPSA) is 264 Å². The second-order valence-electron chi connectivity index (χ2n) is 31.9. The van der Waals surface area contributed by atoms with Crippen molar-refractivity contribution >= 4 is 101 Å². The zero-order valence-electron chi connectivity index (χ0n) is 65.3. The summed E-state index contributed by atoms with van der Waals surface area (Å²) in [5, 5.41) is 20.5. The number of aliphatic hydroxyl groups excluding tert-OH is 1. The highest BCUT2D eigenvalue weighted by Crippen LogP contribution is 2.45. The molecule has 0 radical (unpaired) electrons. The number of alkyl halides is 3. The monoisotopic (exact) mass is 1650 g/mol. The molecule has 22 nitrogen and oxygen atoms in total. The van der Waals surface area contributed by atoms with Gasteiger partial charge in [0.05, 0.1) is 45.4 Å². The Morgan fingerprint density at radius 2 is 1.46 bits per heavy atom. The molecular weight excluding hydrogens is 1550 g/mol.